The normalized spacial score (nSPS) is 11.2. The van der Waals surface area contributed by atoms with E-state index in [-0.39, 0.29) is 11.4 Å². The Kier molecular flexibility index (Phi) is 5.25. The maximum absolute atomic E-state index is 11.2. The van der Waals surface area contributed by atoms with E-state index in [1.807, 2.05) is 19.9 Å². The number of rotatable bonds is 6. The number of anilines is 1. The lowest BCUT2D eigenvalue weighted by molar-refractivity contribution is -0.383. The van der Waals surface area contributed by atoms with Crippen molar-refractivity contribution in [2.24, 2.45) is 10.2 Å². The smallest absolute Gasteiger partial charge is 0.278 e. The second-order valence-electron chi connectivity index (χ2n) is 5.81. The van der Waals surface area contributed by atoms with Crippen molar-refractivity contribution in [1.82, 2.24) is 4.98 Å². The molecule has 0 bridgehead atoms. The molecule has 138 valence electrons. The maximum atomic E-state index is 11.2. The van der Waals surface area contributed by atoms with Gasteiger partial charge in [-0.05, 0) is 44.2 Å². The molecular formula is C19H19N5O3. The van der Waals surface area contributed by atoms with Gasteiger partial charge in [-0.15, -0.1) is 10.2 Å². The molecule has 0 atom stereocenters. The number of nitro benzene ring substituents is 1. The van der Waals surface area contributed by atoms with E-state index < -0.39 is 4.92 Å². The van der Waals surface area contributed by atoms with Crippen molar-refractivity contribution in [2.75, 3.05) is 18.0 Å². The molecule has 8 nitrogen and oxygen atoms in total. The first-order valence-electron chi connectivity index (χ1n) is 8.57. The van der Waals surface area contributed by atoms with Crippen LogP contribution in [0, 0.1) is 10.1 Å². The van der Waals surface area contributed by atoms with Crippen molar-refractivity contribution < 1.29 is 10.0 Å². The van der Waals surface area contributed by atoms with Gasteiger partial charge in [0.2, 0.25) is 0 Å². The van der Waals surface area contributed by atoms with Gasteiger partial charge in [-0.2, -0.15) is 0 Å². The summed E-state index contributed by atoms with van der Waals surface area (Å²) in [6.45, 7) is 5.75. The van der Waals surface area contributed by atoms with Crippen molar-refractivity contribution >= 4 is 33.7 Å². The number of aromatic nitrogens is 1. The molecule has 3 aromatic rings. The summed E-state index contributed by atoms with van der Waals surface area (Å²) < 4.78 is 0. The van der Waals surface area contributed by atoms with Gasteiger partial charge in [-0.3, -0.25) is 15.1 Å². The monoisotopic (exact) mass is 365 g/mol. The van der Waals surface area contributed by atoms with E-state index in [0.29, 0.717) is 22.3 Å². The average molecular weight is 365 g/mol. The van der Waals surface area contributed by atoms with Crippen LogP contribution in [0.3, 0.4) is 0 Å². The van der Waals surface area contributed by atoms with E-state index >= 15 is 0 Å². The molecule has 0 saturated carbocycles. The highest BCUT2D eigenvalue weighted by Crippen LogP contribution is 2.35. The van der Waals surface area contributed by atoms with Gasteiger partial charge in [-0.25, -0.2) is 0 Å². The quantitative estimate of drug-likeness (QED) is 0.371. The van der Waals surface area contributed by atoms with Gasteiger partial charge in [0.1, 0.15) is 22.6 Å². The molecule has 3 rings (SSSR count). The minimum Gasteiger partial charge on any atom is -0.506 e. The largest absolute Gasteiger partial charge is 0.506 e. The summed E-state index contributed by atoms with van der Waals surface area (Å²) in [5.41, 5.74) is 1.95. The standard InChI is InChI=1S/C19H19N5O3/c1-3-23(4-2)13-7-8-15(18(25)12-13)21-22-16-9-10-17(24(26)27)14-6-5-11-20-19(14)16/h5-12,25H,3-4H2,1-2H3/b22-21+. The number of phenols is 1. The molecule has 1 heterocycles. The lowest BCUT2D eigenvalue weighted by Gasteiger charge is -2.21. The number of aromatic hydroxyl groups is 1. The van der Waals surface area contributed by atoms with Crippen LogP contribution in [0.2, 0.25) is 0 Å². The Balaban J connectivity index is 1.97. The predicted molar refractivity (Wildman–Crippen MR) is 104 cm³/mol. The van der Waals surface area contributed by atoms with Gasteiger partial charge in [0.25, 0.3) is 5.69 Å². The fourth-order valence-corrected chi connectivity index (χ4v) is 2.87. The van der Waals surface area contributed by atoms with Crippen LogP contribution in [-0.4, -0.2) is 28.1 Å². The van der Waals surface area contributed by atoms with Crippen molar-refractivity contribution in [1.29, 1.82) is 0 Å². The number of nitrogens with zero attached hydrogens (tertiary/aromatic N) is 5. The van der Waals surface area contributed by atoms with Crippen molar-refractivity contribution in [3.05, 3.63) is 58.8 Å². The van der Waals surface area contributed by atoms with Crippen LogP contribution >= 0.6 is 0 Å². The summed E-state index contributed by atoms with van der Waals surface area (Å²) in [6, 6.07) is 11.3. The highest BCUT2D eigenvalue weighted by molar-refractivity contribution is 5.95. The topological polar surface area (TPSA) is 104 Å². The Morgan fingerprint density at radius 2 is 1.81 bits per heavy atom. The molecule has 1 N–H and O–H groups in total. The molecule has 0 aliphatic carbocycles. The van der Waals surface area contributed by atoms with Gasteiger partial charge in [0.05, 0.1) is 10.3 Å². The van der Waals surface area contributed by atoms with E-state index in [2.05, 4.69) is 20.1 Å². The number of hydrogen-bond acceptors (Lipinski definition) is 7. The van der Waals surface area contributed by atoms with Gasteiger partial charge < -0.3 is 10.0 Å². The van der Waals surface area contributed by atoms with E-state index in [0.717, 1.165) is 18.8 Å². The Morgan fingerprint density at radius 3 is 2.48 bits per heavy atom. The van der Waals surface area contributed by atoms with Crippen LogP contribution in [0.1, 0.15) is 13.8 Å². The molecule has 8 heteroatoms. The van der Waals surface area contributed by atoms with E-state index in [1.54, 1.807) is 30.5 Å². The van der Waals surface area contributed by atoms with E-state index in [9.17, 15) is 15.2 Å². The Bertz CT molecular complexity index is 1020. The molecule has 1 aromatic heterocycles. The summed E-state index contributed by atoms with van der Waals surface area (Å²) >= 11 is 0. The average Bonchev–Trinajstić information content (AvgIpc) is 2.68. The highest BCUT2D eigenvalue weighted by atomic mass is 16.6. The molecular weight excluding hydrogens is 346 g/mol. The van der Waals surface area contributed by atoms with Crippen molar-refractivity contribution in [3.63, 3.8) is 0 Å². The fourth-order valence-electron chi connectivity index (χ4n) is 2.87. The molecule has 0 unspecified atom stereocenters. The molecule has 2 aromatic carbocycles. The molecule has 0 fully saturated rings. The second-order valence-corrected chi connectivity index (χ2v) is 5.81. The first-order chi connectivity index (χ1) is 13.0. The molecule has 0 aliphatic heterocycles. The number of pyridine rings is 1. The zero-order chi connectivity index (χ0) is 19.4. The third kappa shape index (κ3) is 3.69. The zero-order valence-electron chi connectivity index (χ0n) is 15.0. The molecule has 0 aliphatic rings. The minimum atomic E-state index is -0.456. The molecule has 0 spiro atoms. The van der Waals surface area contributed by atoms with Crippen LogP contribution in [0.25, 0.3) is 10.9 Å². The number of azo groups is 1. The summed E-state index contributed by atoms with van der Waals surface area (Å²) in [4.78, 5) is 17.0. The number of phenolic OH excluding ortho intramolecular Hbond substituents is 1. The molecule has 27 heavy (non-hydrogen) atoms. The summed E-state index contributed by atoms with van der Waals surface area (Å²) in [7, 11) is 0. The van der Waals surface area contributed by atoms with Gasteiger partial charge in [0.15, 0.2) is 0 Å². The number of nitro groups is 1. The number of non-ortho nitro benzene ring substituents is 1. The first kappa shape index (κ1) is 18.2. The Labute approximate surface area is 156 Å². The zero-order valence-corrected chi connectivity index (χ0v) is 15.0. The van der Waals surface area contributed by atoms with Crippen LogP contribution < -0.4 is 4.90 Å². The SMILES string of the molecule is CCN(CC)c1ccc(/N=N/c2ccc([N+](=O)[O-])c3cccnc23)c(O)c1. The number of fused-ring (bicyclic) bond motifs is 1. The van der Waals surface area contributed by atoms with Crippen LogP contribution in [0.15, 0.2) is 58.9 Å². The maximum Gasteiger partial charge on any atom is 0.278 e. The third-order valence-electron chi connectivity index (χ3n) is 4.28. The Hall–Kier alpha value is -3.55. The summed E-state index contributed by atoms with van der Waals surface area (Å²) in [5.74, 6) is 0.0160. The summed E-state index contributed by atoms with van der Waals surface area (Å²) in [6.07, 6.45) is 1.54. The Morgan fingerprint density at radius 1 is 1.11 bits per heavy atom. The molecule has 0 saturated heterocycles. The van der Waals surface area contributed by atoms with Crippen LogP contribution in [-0.2, 0) is 0 Å². The highest BCUT2D eigenvalue weighted by Gasteiger charge is 2.15. The van der Waals surface area contributed by atoms with Crippen LogP contribution in [0.4, 0.5) is 22.7 Å². The summed E-state index contributed by atoms with van der Waals surface area (Å²) in [5, 5.41) is 30.1. The second kappa shape index (κ2) is 7.77. The first-order valence-corrected chi connectivity index (χ1v) is 8.57. The predicted octanol–water partition coefficient (Wildman–Crippen LogP) is 5.11. The van der Waals surface area contributed by atoms with Crippen LogP contribution in [0.5, 0.6) is 5.75 Å². The van der Waals surface area contributed by atoms with Crippen molar-refractivity contribution in [3.8, 4) is 5.75 Å². The molecule has 0 amide bonds. The fraction of sp³-hybridized carbons (Fsp3) is 0.211. The lowest BCUT2D eigenvalue weighted by atomic mass is 10.1. The van der Waals surface area contributed by atoms with Crippen molar-refractivity contribution in [2.45, 2.75) is 13.8 Å². The lowest BCUT2D eigenvalue weighted by Crippen LogP contribution is -2.21. The van der Waals surface area contributed by atoms with E-state index in [4.69, 9.17) is 0 Å². The third-order valence-corrected chi connectivity index (χ3v) is 4.28. The van der Waals surface area contributed by atoms with E-state index in [1.165, 1.54) is 12.1 Å². The van der Waals surface area contributed by atoms with Gasteiger partial charge >= 0.3 is 0 Å². The number of hydrogen-bond donors (Lipinski definition) is 1. The number of benzene rings is 2. The molecule has 0 radical (unpaired) electrons. The minimum absolute atomic E-state index is 0.0160. The van der Waals surface area contributed by atoms with Gasteiger partial charge in [0, 0.05) is 37.1 Å². The van der Waals surface area contributed by atoms with Gasteiger partial charge in [-0.1, -0.05) is 0 Å².